The second kappa shape index (κ2) is 5.23. The highest BCUT2D eigenvalue weighted by atomic mass is 16.3. The SMILES string of the molecule is C=CC[C@]1(O)CC[C@H]2[C@@H]3CC[C@@H]4C=CCC[C@@H]4[C@H]3CC[C@@]21C. The standard InChI is InChI=1S/C21H32O/c1-3-12-21(22)14-11-19-18-9-8-15-6-4-5-7-16(15)17(18)10-13-20(19,21)2/h3-4,6,15-19,22H,1,5,7-14H2,2H3/t15-,16-,17+,18+,19-,20-,21-/m0/s1. The third kappa shape index (κ3) is 1.94. The first-order chi connectivity index (χ1) is 10.6. The molecule has 0 aliphatic heterocycles. The van der Waals surface area contributed by atoms with Crippen LogP contribution in [0.15, 0.2) is 24.8 Å². The molecular weight excluding hydrogens is 268 g/mol. The lowest BCUT2D eigenvalue weighted by Crippen LogP contribution is -2.53. The fourth-order valence-corrected chi connectivity index (χ4v) is 7.09. The number of hydrogen-bond donors (Lipinski definition) is 1. The molecule has 0 heterocycles. The number of aliphatic hydroxyl groups is 1. The summed E-state index contributed by atoms with van der Waals surface area (Å²) in [6.07, 6.45) is 18.0. The molecule has 0 unspecified atom stereocenters. The summed E-state index contributed by atoms with van der Waals surface area (Å²) in [6.45, 7) is 6.31. The van der Waals surface area contributed by atoms with E-state index in [1.807, 2.05) is 6.08 Å². The molecule has 0 aromatic rings. The van der Waals surface area contributed by atoms with Crippen molar-refractivity contribution in [1.29, 1.82) is 0 Å². The van der Waals surface area contributed by atoms with Crippen LogP contribution in [0, 0.1) is 35.0 Å². The Labute approximate surface area is 135 Å². The van der Waals surface area contributed by atoms with Crippen LogP contribution < -0.4 is 0 Å². The van der Waals surface area contributed by atoms with Crippen molar-refractivity contribution < 1.29 is 5.11 Å². The third-order valence-corrected chi connectivity index (χ3v) is 8.28. The molecule has 0 amide bonds. The maximum absolute atomic E-state index is 11.3. The van der Waals surface area contributed by atoms with Crippen molar-refractivity contribution in [2.75, 3.05) is 0 Å². The highest BCUT2D eigenvalue weighted by molar-refractivity contribution is 5.14. The van der Waals surface area contributed by atoms with Crippen LogP contribution in [-0.4, -0.2) is 10.7 Å². The summed E-state index contributed by atoms with van der Waals surface area (Å²) in [5.74, 6) is 4.38. The van der Waals surface area contributed by atoms with Crippen LogP contribution >= 0.6 is 0 Å². The van der Waals surface area contributed by atoms with E-state index in [0.29, 0.717) is 0 Å². The van der Waals surface area contributed by atoms with Gasteiger partial charge >= 0.3 is 0 Å². The molecule has 4 aliphatic rings. The minimum Gasteiger partial charge on any atom is -0.389 e. The normalized spacial score (nSPS) is 53.5. The van der Waals surface area contributed by atoms with Crippen molar-refractivity contribution in [1.82, 2.24) is 0 Å². The Morgan fingerprint density at radius 2 is 1.95 bits per heavy atom. The smallest absolute Gasteiger partial charge is 0.0738 e. The van der Waals surface area contributed by atoms with E-state index in [2.05, 4.69) is 25.7 Å². The maximum atomic E-state index is 11.3. The van der Waals surface area contributed by atoms with Crippen molar-refractivity contribution in [2.24, 2.45) is 35.0 Å². The summed E-state index contributed by atoms with van der Waals surface area (Å²) in [5.41, 5.74) is -0.340. The molecule has 0 saturated heterocycles. The predicted molar refractivity (Wildman–Crippen MR) is 91.4 cm³/mol. The molecule has 0 radical (unpaired) electrons. The molecule has 1 N–H and O–H groups in total. The van der Waals surface area contributed by atoms with E-state index in [1.54, 1.807) is 0 Å². The van der Waals surface area contributed by atoms with Gasteiger partial charge in [-0.15, -0.1) is 6.58 Å². The third-order valence-electron chi connectivity index (χ3n) is 8.28. The molecule has 4 aliphatic carbocycles. The van der Waals surface area contributed by atoms with Gasteiger partial charge in [-0.25, -0.2) is 0 Å². The molecule has 0 aromatic carbocycles. The predicted octanol–water partition coefficient (Wildman–Crippen LogP) is 5.11. The van der Waals surface area contributed by atoms with E-state index in [1.165, 1.54) is 44.9 Å². The highest BCUT2D eigenvalue weighted by Crippen LogP contribution is 2.65. The summed E-state index contributed by atoms with van der Waals surface area (Å²) in [6, 6.07) is 0. The Morgan fingerprint density at radius 3 is 2.77 bits per heavy atom. The molecule has 3 fully saturated rings. The lowest BCUT2D eigenvalue weighted by atomic mass is 9.49. The second-order valence-corrected chi connectivity index (χ2v) is 8.86. The van der Waals surface area contributed by atoms with Gasteiger partial charge in [0.05, 0.1) is 5.60 Å². The fourth-order valence-electron chi connectivity index (χ4n) is 7.09. The van der Waals surface area contributed by atoms with Crippen molar-refractivity contribution in [3.63, 3.8) is 0 Å². The van der Waals surface area contributed by atoms with Gasteiger partial charge in [0.25, 0.3) is 0 Å². The summed E-state index contributed by atoms with van der Waals surface area (Å²) in [5, 5.41) is 11.3. The Hall–Kier alpha value is -0.560. The van der Waals surface area contributed by atoms with Crippen molar-refractivity contribution in [3.05, 3.63) is 24.8 Å². The quantitative estimate of drug-likeness (QED) is 0.702. The number of hydrogen-bond acceptors (Lipinski definition) is 1. The van der Waals surface area contributed by atoms with Crippen LogP contribution in [0.1, 0.15) is 64.7 Å². The van der Waals surface area contributed by atoms with Gasteiger partial charge < -0.3 is 5.11 Å². The van der Waals surface area contributed by atoms with Gasteiger partial charge in [0.2, 0.25) is 0 Å². The van der Waals surface area contributed by atoms with Crippen molar-refractivity contribution in [3.8, 4) is 0 Å². The minimum absolute atomic E-state index is 0.139. The van der Waals surface area contributed by atoms with Gasteiger partial charge in [-0.2, -0.15) is 0 Å². The molecule has 1 heteroatoms. The second-order valence-electron chi connectivity index (χ2n) is 8.86. The summed E-state index contributed by atoms with van der Waals surface area (Å²) < 4.78 is 0. The van der Waals surface area contributed by atoms with Gasteiger partial charge in [0.15, 0.2) is 0 Å². The summed E-state index contributed by atoms with van der Waals surface area (Å²) >= 11 is 0. The van der Waals surface area contributed by atoms with Crippen LogP contribution in [0.5, 0.6) is 0 Å². The van der Waals surface area contributed by atoms with Gasteiger partial charge in [0, 0.05) is 0 Å². The van der Waals surface area contributed by atoms with Crippen LogP contribution in [-0.2, 0) is 0 Å². The Balaban J connectivity index is 1.61. The zero-order chi connectivity index (χ0) is 15.4. The van der Waals surface area contributed by atoms with Crippen LogP contribution in [0.2, 0.25) is 0 Å². The van der Waals surface area contributed by atoms with Gasteiger partial charge in [0.1, 0.15) is 0 Å². The fraction of sp³-hybridized carbons (Fsp3) is 0.810. The molecule has 7 atom stereocenters. The zero-order valence-corrected chi connectivity index (χ0v) is 14.1. The topological polar surface area (TPSA) is 20.2 Å². The molecule has 0 aromatic heterocycles. The number of fused-ring (bicyclic) bond motifs is 5. The zero-order valence-electron chi connectivity index (χ0n) is 14.1. The van der Waals surface area contributed by atoms with Crippen LogP contribution in [0.3, 0.4) is 0 Å². The van der Waals surface area contributed by atoms with Crippen molar-refractivity contribution >= 4 is 0 Å². The van der Waals surface area contributed by atoms with E-state index in [0.717, 1.165) is 42.4 Å². The monoisotopic (exact) mass is 300 g/mol. The Bertz CT molecular complexity index is 480. The lowest BCUT2D eigenvalue weighted by Gasteiger charge is -2.56. The van der Waals surface area contributed by atoms with E-state index in [9.17, 15) is 5.11 Å². The first-order valence-corrected chi connectivity index (χ1v) is 9.59. The van der Waals surface area contributed by atoms with Gasteiger partial charge in [-0.3, -0.25) is 0 Å². The first-order valence-electron chi connectivity index (χ1n) is 9.59. The molecule has 1 nitrogen and oxygen atoms in total. The molecule has 3 saturated carbocycles. The highest BCUT2D eigenvalue weighted by Gasteiger charge is 2.61. The Morgan fingerprint density at radius 1 is 1.09 bits per heavy atom. The van der Waals surface area contributed by atoms with E-state index in [-0.39, 0.29) is 5.41 Å². The van der Waals surface area contributed by atoms with Crippen molar-refractivity contribution in [2.45, 2.75) is 70.3 Å². The lowest BCUT2D eigenvalue weighted by molar-refractivity contribution is -0.123. The number of rotatable bonds is 2. The largest absolute Gasteiger partial charge is 0.389 e. The van der Waals surface area contributed by atoms with Crippen LogP contribution in [0.25, 0.3) is 0 Å². The maximum Gasteiger partial charge on any atom is 0.0738 e. The van der Waals surface area contributed by atoms with Gasteiger partial charge in [-0.05, 0) is 92.8 Å². The van der Waals surface area contributed by atoms with E-state index < -0.39 is 5.60 Å². The molecule has 4 rings (SSSR count). The average molecular weight is 300 g/mol. The van der Waals surface area contributed by atoms with E-state index in [4.69, 9.17) is 0 Å². The molecule has 122 valence electrons. The molecule has 0 spiro atoms. The average Bonchev–Trinajstić information content (AvgIpc) is 2.79. The number of allylic oxidation sites excluding steroid dienone is 2. The first kappa shape index (κ1) is 15.0. The molecule has 0 bridgehead atoms. The Kier molecular flexibility index (Phi) is 3.56. The molecule has 22 heavy (non-hydrogen) atoms. The van der Waals surface area contributed by atoms with E-state index >= 15 is 0 Å². The summed E-state index contributed by atoms with van der Waals surface area (Å²) in [4.78, 5) is 0. The van der Waals surface area contributed by atoms with Crippen LogP contribution in [0.4, 0.5) is 0 Å². The summed E-state index contributed by atoms with van der Waals surface area (Å²) in [7, 11) is 0. The molecular formula is C21H32O. The minimum atomic E-state index is -0.478. The van der Waals surface area contributed by atoms with Gasteiger partial charge in [-0.1, -0.05) is 25.2 Å².